The van der Waals surface area contributed by atoms with Crippen molar-refractivity contribution in [3.05, 3.63) is 60.7 Å². The van der Waals surface area contributed by atoms with E-state index in [9.17, 15) is 4.21 Å². The molecular formula is C14H15OPS. The van der Waals surface area contributed by atoms with Crippen molar-refractivity contribution in [1.29, 1.82) is 0 Å². The molecule has 3 heteroatoms. The fraction of sp³-hybridized carbons (Fsp3) is 0.143. The molecule has 0 heterocycles. The third-order valence-electron chi connectivity index (χ3n) is 2.45. The quantitative estimate of drug-likeness (QED) is 0.774. The number of hydrogen-bond acceptors (Lipinski definition) is 1. The molecule has 0 radical (unpaired) electrons. The molecule has 0 saturated heterocycles. The van der Waals surface area contributed by atoms with E-state index in [2.05, 4.69) is 24.3 Å². The minimum absolute atomic E-state index is 0.490. The molecule has 0 amide bonds. The fourth-order valence-electron chi connectivity index (χ4n) is 1.70. The van der Waals surface area contributed by atoms with E-state index >= 15 is 0 Å². The lowest BCUT2D eigenvalue weighted by Gasteiger charge is -2.17. The van der Waals surface area contributed by atoms with E-state index in [1.807, 2.05) is 36.4 Å². The Morgan fingerprint density at radius 1 is 0.882 bits per heavy atom. The van der Waals surface area contributed by atoms with Gasteiger partial charge in [-0.1, -0.05) is 60.7 Å². The van der Waals surface area contributed by atoms with Gasteiger partial charge in [0.2, 0.25) is 0 Å². The second-order valence-electron chi connectivity index (χ2n) is 3.80. The van der Waals surface area contributed by atoms with Gasteiger partial charge >= 0.3 is 0 Å². The molecule has 1 unspecified atom stereocenters. The number of benzene rings is 2. The van der Waals surface area contributed by atoms with Crippen LogP contribution < -0.4 is 10.6 Å². The summed E-state index contributed by atoms with van der Waals surface area (Å²) in [5.41, 5.74) is 0.739. The second-order valence-corrected chi connectivity index (χ2v) is 7.87. The molecule has 0 N–H and O–H groups in total. The Hall–Kier alpha value is -0.980. The molecule has 0 saturated carbocycles. The van der Waals surface area contributed by atoms with Crippen LogP contribution in [0.3, 0.4) is 0 Å². The van der Waals surface area contributed by atoms with Crippen molar-refractivity contribution in [3.8, 4) is 0 Å². The van der Waals surface area contributed by atoms with E-state index in [0.717, 1.165) is 5.49 Å². The summed E-state index contributed by atoms with van der Waals surface area (Å²) < 4.78 is 11.5. The highest BCUT2D eigenvalue weighted by atomic mass is 32.2. The van der Waals surface area contributed by atoms with E-state index in [1.54, 1.807) is 6.26 Å². The Bertz CT molecular complexity index is 445. The first-order valence-electron chi connectivity index (χ1n) is 5.45. The average Bonchev–Trinajstić information content (AvgIpc) is 2.38. The Balaban J connectivity index is 2.36. The summed E-state index contributed by atoms with van der Waals surface area (Å²) in [6.45, 7) is 0. The van der Waals surface area contributed by atoms with Crippen LogP contribution in [0.15, 0.2) is 60.7 Å². The van der Waals surface area contributed by atoms with E-state index in [-0.39, 0.29) is 0 Å². The number of rotatable bonds is 4. The van der Waals surface area contributed by atoms with E-state index in [0.29, 0.717) is 0 Å². The van der Waals surface area contributed by atoms with Crippen LogP contribution in [0.1, 0.15) is 0 Å². The molecule has 0 aromatic heterocycles. The molecule has 1 nitrogen and oxygen atoms in total. The summed E-state index contributed by atoms with van der Waals surface area (Å²) in [5, 5.41) is 2.59. The molecule has 0 aliphatic heterocycles. The first-order chi connectivity index (χ1) is 8.27. The zero-order valence-corrected chi connectivity index (χ0v) is 11.5. The molecule has 2 aromatic carbocycles. The van der Waals surface area contributed by atoms with E-state index < -0.39 is 18.7 Å². The highest BCUT2D eigenvalue weighted by Gasteiger charge is 2.14. The standard InChI is InChI=1S/C14H15OPS/c1-17(15)12-16(13-8-4-2-5-9-13)14-10-6-3-7-11-14/h2-11H,12H2,1H3. The molecule has 17 heavy (non-hydrogen) atoms. The van der Waals surface area contributed by atoms with Gasteiger partial charge in [-0.05, 0) is 18.5 Å². The summed E-state index contributed by atoms with van der Waals surface area (Å²) in [6.07, 6.45) is 1.78. The van der Waals surface area contributed by atoms with Crippen LogP contribution in [0.25, 0.3) is 0 Å². The molecular weight excluding hydrogens is 247 g/mol. The van der Waals surface area contributed by atoms with Gasteiger partial charge < -0.3 is 0 Å². The van der Waals surface area contributed by atoms with E-state index in [1.165, 1.54) is 10.6 Å². The van der Waals surface area contributed by atoms with Gasteiger partial charge in [-0.25, -0.2) is 0 Å². The highest BCUT2D eigenvalue weighted by molar-refractivity contribution is 7.95. The van der Waals surface area contributed by atoms with Crippen molar-refractivity contribution in [1.82, 2.24) is 0 Å². The molecule has 0 fully saturated rings. The van der Waals surface area contributed by atoms with Gasteiger partial charge in [0.05, 0.1) is 5.49 Å². The Morgan fingerprint density at radius 2 is 1.29 bits per heavy atom. The molecule has 0 spiro atoms. The summed E-state index contributed by atoms with van der Waals surface area (Å²) >= 11 is 0. The SMILES string of the molecule is CS(=O)CP(c1ccccc1)c1ccccc1. The zero-order valence-electron chi connectivity index (χ0n) is 9.74. The predicted octanol–water partition coefficient (Wildman–Crippen LogP) is 2.46. The molecule has 88 valence electrons. The van der Waals surface area contributed by atoms with Gasteiger partial charge in [0.1, 0.15) is 0 Å². The largest absolute Gasteiger partial charge is 0.259 e. The maximum absolute atomic E-state index is 11.5. The Morgan fingerprint density at radius 3 is 1.65 bits per heavy atom. The van der Waals surface area contributed by atoms with Crippen LogP contribution in [0.5, 0.6) is 0 Å². The molecule has 0 aliphatic carbocycles. The van der Waals surface area contributed by atoms with Gasteiger partial charge in [0.25, 0.3) is 0 Å². The molecule has 0 aliphatic rings. The summed E-state index contributed by atoms with van der Waals surface area (Å²) in [4.78, 5) is 0. The van der Waals surface area contributed by atoms with Gasteiger partial charge in [-0.2, -0.15) is 0 Å². The van der Waals surface area contributed by atoms with Gasteiger partial charge in [0.15, 0.2) is 0 Å². The normalized spacial score (nSPS) is 12.6. The van der Waals surface area contributed by atoms with Crippen molar-refractivity contribution < 1.29 is 4.21 Å². The predicted molar refractivity (Wildman–Crippen MR) is 78.0 cm³/mol. The van der Waals surface area contributed by atoms with Crippen LogP contribution in [0.2, 0.25) is 0 Å². The van der Waals surface area contributed by atoms with Gasteiger partial charge in [-0.3, -0.25) is 4.21 Å². The van der Waals surface area contributed by atoms with Crippen LogP contribution >= 0.6 is 7.92 Å². The minimum Gasteiger partial charge on any atom is -0.259 e. The van der Waals surface area contributed by atoms with Gasteiger partial charge in [0, 0.05) is 17.1 Å². The van der Waals surface area contributed by atoms with Crippen LogP contribution in [-0.4, -0.2) is 16.0 Å². The highest BCUT2D eigenvalue weighted by Crippen LogP contribution is 2.33. The smallest absolute Gasteiger partial charge is 0.0515 e. The molecule has 0 bridgehead atoms. The van der Waals surface area contributed by atoms with Crippen molar-refractivity contribution in [2.45, 2.75) is 0 Å². The maximum atomic E-state index is 11.5. The summed E-state index contributed by atoms with van der Waals surface area (Å²) in [6, 6.07) is 20.8. The first kappa shape index (κ1) is 12.5. The summed E-state index contributed by atoms with van der Waals surface area (Å²) in [5.74, 6) is 0. The lowest BCUT2D eigenvalue weighted by atomic mass is 10.4. The Kier molecular flexibility index (Phi) is 4.47. The first-order valence-corrected chi connectivity index (χ1v) is 8.70. The zero-order chi connectivity index (χ0) is 12.1. The number of hydrogen-bond donors (Lipinski definition) is 0. The second kappa shape index (κ2) is 6.09. The minimum atomic E-state index is -0.768. The lowest BCUT2D eigenvalue weighted by Crippen LogP contribution is -2.15. The van der Waals surface area contributed by atoms with Crippen LogP contribution in [0, 0.1) is 0 Å². The van der Waals surface area contributed by atoms with E-state index in [4.69, 9.17) is 0 Å². The van der Waals surface area contributed by atoms with Crippen molar-refractivity contribution in [3.63, 3.8) is 0 Å². The van der Waals surface area contributed by atoms with Gasteiger partial charge in [-0.15, -0.1) is 0 Å². The van der Waals surface area contributed by atoms with Crippen LogP contribution in [-0.2, 0) is 10.8 Å². The topological polar surface area (TPSA) is 17.1 Å². The third-order valence-corrected chi connectivity index (χ3v) is 6.78. The van der Waals surface area contributed by atoms with Crippen molar-refractivity contribution in [2.24, 2.45) is 0 Å². The fourth-order valence-corrected chi connectivity index (χ4v) is 5.71. The average molecular weight is 262 g/mol. The maximum Gasteiger partial charge on any atom is 0.0515 e. The lowest BCUT2D eigenvalue weighted by molar-refractivity contribution is 0.689. The van der Waals surface area contributed by atoms with Crippen LogP contribution in [0.4, 0.5) is 0 Å². The molecule has 2 aromatic rings. The van der Waals surface area contributed by atoms with Crippen molar-refractivity contribution >= 4 is 29.3 Å². The third kappa shape index (κ3) is 3.49. The monoisotopic (exact) mass is 262 g/mol. The van der Waals surface area contributed by atoms with Crippen molar-refractivity contribution in [2.75, 3.05) is 11.7 Å². The molecule has 2 rings (SSSR count). The Labute approximate surface area is 106 Å². The molecule has 1 atom stereocenters. The summed E-state index contributed by atoms with van der Waals surface area (Å²) in [7, 11) is -1.26.